The molecule has 0 unspecified atom stereocenters. The second kappa shape index (κ2) is 6.24. The second-order valence-electron chi connectivity index (χ2n) is 5.59. The molecule has 0 saturated heterocycles. The summed E-state index contributed by atoms with van der Waals surface area (Å²) in [5, 5.41) is 0.879. The first-order valence-corrected chi connectivity index (χ1v) is 11.6. The van der Waals surface area contributed by atoms with E-state index in [1.807, 2.05) is 25.2 Å². The Morgan fingerprint density at radius 1 is 1.00 bits per heavy atom. The molecule has 0 aromatic heterocycles. The highest BCUT2D eigenvalue weighted by Gasteiger charge is 2.24. The summed E-state index contributed by atoms with van der Waals surface area (Å²) >= 11 is 0. The number of benzene rings is 2. The van der Waals surface area contributed by atoms with E-state index in [9.17, 15) is 13.2 Å². The predicted octanol–water partition coefficient (Wildman–Crippen LogP) is 2.31. The van der Waals surface area contributed by atoms with Crippen molar-refractivity contribution >= 4 is 29.2 Å². The van der Waals surface area contributed by atoms with Gasteiger partial charge in [-0.1, -0.05) is 30.3 Å². The van der Waals surface area contributed by atoms with Crippen LogP contribution in [0.25, 0.3) is 0 Å². The molecule has 0 heterocycles. The fraction of sp³-hybridized carbons (Fsp3) is 0.250. The van der Waals surface area contributed by atoms with Crippen LogP contribution < -0.4 is 9.49 Å². The summed E-state index contributed by atoms with van der Waals surface area (Å²) in [5.74, 6) is 0. The van der Waals surface area contributed by atoms with Gasteiger partial charge in [-0.25, -0.2) is 8.42 Å². The van der Waals surface area contributed by atoms with Crippen molar-refractivity contribution in [3.05, 3.63) is 54.6 Å². The van der Waals surface area contributed by atoms with Gasteiger partial charge in [0.05, 0.1) is 10.6 Å². The highest BCUT2D eigenvalue weighted by atomic mass is 32.2. The van der Waals surface area contributed by atoms with Gasteiger partial charge < -0.3 is 4.80 Å². The highest BCUT2D eigenvalue weighted by molar-refractivity contribution is 7.92. The third kappa shape index (κ3) is 3.40. The van der Waals surface area contributed by atoms with E-state index < -0.39 is 18.3 Å². The fourth-order valence-corrected chi connectivity index (χ4v) is 4.72. The SMILES string of the molecule is CCN(c1ccc([Si](C)(C)O)cc1)S(=O)(=O)c1ccccc1. The van der Waals surface area contributed by atoms with Crippen molar-refractivity contribution in [3.63, 3.8) is 0 Å². The van der Waals surface area contributed by atoms with Crippen LogP contribution in [0.3, 0.4) is 0 Å². The van der Waals surface area contributed by atoms with Crippen molar-refractivity contribution in [1.29, 1.82) is 0 Å². The summed E-state index contributed by atoms with van der Waals surface area (Å²) in [6, 6.07) is 15.5. The molecule has 0 atom stereocenters. The van der Waals surface area contributed by atoms with Crippen LogP contribution in [0.2, 0.25) is 13.1 Å². The average molecular weight is 336 g/mol. The molecule has 4 nitrogen and oxygen atoms in total. The summed E-state index contributed by atoms with van der Waals surface area (Å²) in [4.78, 5) is 10.4. The first kappa shape index (κ1) is 16.7. The van der Waals surface area contributed by atoms with Gasteiger partial charge in [0.25, 0.3) is 10.0 Å². The maximum Gasteiger partial charge on any atom is 0.264 e. The molecule has 0 bridgehead atoms. The minimum Gasteiger partial charge on any atom is -0.428 e. The molecular formula is C16H21NO3SSi. The lowest BCUT2D eigenvalue weighted by atomic mass is 10.3. The third-order valence-corrected chi connectivity index (χ3v) is 7.14. The molecule has 2 rings (SSSR count). The number of hydrogen-bond donors (Lipinski definition) is 1. The van der Waals surface area contributed by atoms with Crippen LogP contribution >= 0.6 is 0 Å². The van der Waals surface area contributed by atoms with Crippen LogP contribution in [-0.4, -0.2) is 28.1 Å². The fourth-order valence-electron chi connectivity index (χ4n) is 2.25. The predicted molar refractivity (Wildman–Crippen MR) is 92.4 cm³/mol. The monoisotopic (exact) mass is 335 g/mol. The zero-order valence-corrected chi connectivity index (χ0v) is 14.8. The Balaban J connectivity index is 2.41. The molecule has 0 aliphatic rings. The Hall–Kier alpha value is -1.63. The van der Waals surface area contributed by atoms with Gasteiger partial charge in [-0.05, 0) is 49.5 Å². The lowest BCUT2D eigenvalue weighted by Gasteiger charge is -2.24. The number of hydrogen-bond acceptors (Lipinski definition) is 3. The lowest BCUT2D eigenvalue weighted by Crippen LogP contribution is -2.41. The van der Waals surface area contributed by atoms with E-state index in [2.05, 4.69) is 0 Å². The van der Waals surface area contributed by atoms with Gasteiger partial charge in [0.15, 0.2) is 0 Å². The van der Waals surface area contributed by atoms with E-state index in [0.29, 0.717) is 12.2 Å². The van der Waals surface area contributed by atoms with Crippen molar-refractivity contribution < 1.29 is 13.2 Å². The molecule has 6 heteroatoms. The van der Waals surface area contributed by atoms with Crippen LogP contribution in [0.1, 0.15) is 6.92 Å². The van der Waals surface area contributed by atoms with Crippen molar-refractivity contribution in [2.45, 2.75) is 24.9 Å². The number of sulfonamides is 1. The van der Waals surface area contributed by atoms with Gasteiger partial charge in [-0.15, -0.1) is 0 Å². The number of anilines is 1. The van der Waals surface area contributed by atoms with Crippen LogP contribution in [-0.2, 0) is 10.0 Å². The van der Waals surface area contributed by atoms with E-state index in [1.165, 1.54) is 4.31 Å². The molecule has 22 heavy (non-hydrogen) atoms. The van der Waals surface area contributed by atoms with E-state index in [4.69, 9.17) is 0 Å². The van der Waals surface area contributed by atoms with Gasteiger partial charge in [0, 0.05) is 6.54 Å². The molecule has 1 N–H and O–H groups in total. The molecular weight excluding hydrogens is 314 g/mol. The van der Waals surface area contributed by atoms with Gasteiger partial charge in [0.1, 0.15) is 0 Å². The molecule has 0 fully saturated rings. The molecule has 0 spiro atoms. The number of rotatable bonds is 5. The van der Waals surface area contributed by atoms with Gasteiger partial charge in [-0.3, -0.25) is 4.31 Å². The lowest BCUT2D eigenvalue weighted by molar-refractivity contribution is 0.568. The van der Waals surface area contributed by atoms with Gasteiger partial charge in [-0.2, -0.15) is 0 Å². The van der Waals surface area contributed by atoms with E-state index in [1.54, 1.807) is 49.4 Å². The standard InChI is InChI=1S/C16H21NO3SSi/c1-4-17(21(18,19)15-8-6-5-7-9-15)14-10-12-16(13-11-14)22(2,3)20/h5-13,20H,4H2,1-3H3. The molecule has 2 aromatic rings. The summed E-state index contributed by atoms with van der Waals surface area (Å²) in [6.45, 7) is 5.82. The smallest absolute Gasteiger partial charge is 0.264 e. The minimum absolute atomic E-state index is 0.276. The Bertz CT molecular complexity index is 722. The van der Waals surface area contributed by atoms with E-state index in [-0.39, 0.29) is 4.90 Å². The Morgan fingerprint density at radius 2 is 1.55 bits per heavy atom. The zero-order chi connectivity index (χ0) is 16.4. The van der Waals surface area contributed by atoms with Crippen LogP contribution in [0.4, 0.5) is 5.69 Å². The van der Waals surface area contributed by atoms with Crippen molar-refractivity contribution in [3.8, 4) is 0 Å². The van der Waals surface area contributed by atoms with Crippen molar-refractivity contribution in [2.24, 2.45) is 0 Å². The number of nitrogens with zero attached hydrogens (tertiary/aromatic N) is 1. The molecule has 0 amide bonds. The van der Waals surface area contributed by atoms with E-state index in [0.717, 1.165) is 5.19 Å². The Morgan fingerprint density at radius 3 is 2.00 bits per heavy atom. The summed E-state index contributed by atoms with van der Waals surface area (Å²) in [6.07, 6.45) is 0. The third-order valence-electron chi connectivity index (χ3n) is 3.48. The van der Waals surface area contributed by atoms with Crippen molar-refractivity contribution in [1.82, 2.24) is 0 Å². The van der Waals surface area contributed by atoms with Crippen LogP contribution in [0, 0.1) is 0 Å². The topological polar surface area (TPSA) is 57.6 Å². The molecule has 0 aliphatic heterocycles. The van der Waals surface area contributed by atoms with Crippen molar-refractivity contribution in [2.75, 3.05) is 10.8 Å². The minimum atomic E-state index is -3.57. The van der Waals surface area contributed by atoms with E-state index >= 15 is 0 Å². The molecule has 0 saturated carbocycles. The zero-order valence-electron chi connectivity index (χ0n) is 13.0. The van der Waals surface area contributed by atoms with Gasteiger partial charge in [0.2, 0.25) is 8.32 Å². The first-order chi connectivity index (χ1) is 10.3. The maximum absolute atomic E-state index is 12.7. The Labute approximate surface area is 133 Å². The average Bonchev–Trinajstić information content (AvgIpc) is 2.48. The summed E-state index contributed by atoms with van der Waals surface area (Å²) < 4.78 is 26.8. The Kier molecular flexibility index (Phi) is 4.74. The molecule has 0 aliphatic carbocycles. The second-order valence-corrected chi connectivity index (χ2v) is 11.1. The molecule has 118 valence electrons. The largest absolute Gasteiger partial charge is 0.428 e. The quantitative estimate of drug-likeness (QED) is 0.853. The van der Waals surface area contributed by atoms with Crippen LogP contribution in [0.15, 0.2) is 59.5 Å². The maximum atomic E-state index is 12.7. The first-order valence-electron chi connectivity index (χ1n) is 7.17. The normalized spacial score (nSPS) is 12.2. The highest BCUT2D eigenvalue weighted by Crippen LogP contribution is 2.22. The van der Waals surface area contributed by atoms with Gasteiger partial charge >= 0.3 is 0 Å². The van der Waals surface area contributed by atoms with Crippen LogP contribution in [0.5, 0.6) is 0 Å². The summed E-state index contributed by atoms with van der Waals surface area (Å²) in [5.41, 5.74) is 0.605. The summed E-state index contributed by atoms with van der Waals surface area (Å²) in [7, 11) is -5.95. The molecule has 2 aromatic carbocycles. The molecule has 0 radical (unpaired) electrons.